The van der Waals surface area contributed by atoms with Gasteiger partial charge in [0.2, 0.25) is 5.95 Å². The highest BCUT2D eigenvalue weighted by atomic mass is 35.5. The Labute approximate surface area is 156 Å². The Morgan fingerprint density at radius 2 is 1.92 bits per heavy atom. The second-order valence-electron chi connectivity index (χ2n) is 6.59. The van der Waals surface area contributed by atoms with E-state index in [1.165, 1.54) is 0 Å². The van der Waals surface area contributed by atoms with E-state index in [9.17, 15) is 15.3 Å². The van der Waals surface area contributed by atoms with Crippen LogP contribution in [-0.4, -0.2) is 55.1 Å². The van der Waals surface area contributed by atoms with Gasteiger partial charge in [-0.25, -0.2) is 4.98 Å². The molecule has 2 heterocycles. The summed E-state index contributed by atoms with van der Waals surface area (Å²) in [5.74, 6) is -0.0693. The van der Waals surface area contributed by atoms with Gasteiger partial charge in [0.05, 0.1) is 17.7 Å². The highest BCUT2D eigenvalue weighted by molar-refractivity contribution is 6.32. The number of aliphatic hydroxyl groups excluding tert-OH is 3. The van der Waals surface area contributed by atoms with Crippen molar-refractivity contribution < 1.29 is 15.3 Å². The van der Waals surface area contributed by atoms with Gasteiger partial charge in [-0.05, 0) is 26.3 Å². The van der Waals surface area contributed by atoms with Crippen molar-refractivity contribution in [2.24, 2.45) is 5.92 Å². The van der Waals surface area contributed by atoms with Crippen molar-refractivity contribution in [3.8, 4) is 11.1 Å². The number of hydrogen-bond acceptors (Lipinski definition) is 8. The third-order valence-corrected chi connectivity index (χ3v) is 5.01. The van der Waals surface area contributed by atoms with Gasteiger partial charge in [-0.15, -0.1) is 0 Å². The van der Waals surface area contributed by atoms with E-state index in [1.54, 1.807) is 0 Å². The molecule has 0 amide bonds. The lowest BCUT2D eigenvalue weighted by atomic mass is 10.1. The Morgan fingerprint density at radius 3 is 2.54 bits per heavy atom. The number of aryl methyl sites for hydroxylation is 2. The summed E-state index contributed by atoms with van der Waals surface area (Å²) in [4.78, 5) is 12.7. The van der Waals surface area contributed by atoms with E-state index in [1.807, 2.05) is 26.0 Å². The van der Waals surface area contributed by atoms with Gasteiger partial charge in [-0.1, -0.05) is 17.7 Å². The number of pyridine rings is 1. The Morgan fingerprint density at radius 1 is 1.19 bits per heavy atom. The first kappa shape index (κ1) is 18.8. The molecule has 4 atom stereocenters. The maximum absolute atomic E-state index is 10.3. The van der Waals surface area contributed by atoms with E-state index >= 15 is 0 Å². The first-order valence-electron chi connectivity index (χ1n) is 8.33. The number of nitrogens with two attached hydrogens (primary N) is 1. The number of halogens is 1. The van der Waals surface area contributed by atoms with Crippen LogP contribution in [0.1, 0.15) is 17.8 Å². The zero-order valence-electron chi connectivity index (χ0n) is 14.5. The van der Waals surface area contributed by atoms with Gasteiger partial charge < -0.3 is 26.4 Å². The molecule has 2 aromatic rings. The summed E-state index contributed by atoms with van der Waals surface area (Å²) < 4.78 is 0. The minimum atomic E-state index is -1.05. The fourth-order valence-corrected chi connectivity index (χ4v) is 3.65. The fourth-order valence-electron chi connectivity index (χ4n) is 3.37. The lowest BCUT2D eigenvalue weighted by Crippen LogP contribution is -2.35. The second kappa shape index (κ2) is 7.32. The van der Waals surface area contributed by atoms with Crippen LogP contribution in [0.25, 0.3) is 11.1 Å². The number of aliphatic hydroxyl groups is 3. The molecule has 8 nitrogen and oxygen atoms in total. The zero-order chi connectivity index (χ0) is 19.0. The van der Waals surface area contributed by atoms with Crippen LogP contribution in [-0.2, 0) is 0 Å². The van der Waals surface area contributed by atoms with E-state index < -0.39 is 24.2 Å². The van der Waals surface area contributed by atoms with Crippen molar-refractivity contribution in [2.75, 3.05) is 17.7 Å². The SMILES string of the molecule is Cc1ccc(-c2c(Cl)nc(N)nc2N[C@@H]2C[C@H](CO)[C@@H](O)[C@H]2O)c(C)n1. The molecular weight excluding hydrogens is 358 g/mol. The van der Waals surface area contributed by atoms with Gasteiger partial charge >= 0.3 is 0 Å². The minimum Gasteiger partial charge on any atom is -0.396 e. The summed E-state index contributed by atoms with van der Waals surface area (Å²) in [7, 11) is 0. The quantitative estimate of drug-likeness (QED) is 0.494. The van der Waals surface area contributed by atoms with Crippen LogP contribution in [0.5, 0.6) is 0 Å². The van der Waals surface area contributed by atoms with E-state index in [4.69, 9.17) is 17.3 Å². The number of nitrogens with one attached hydrogen (secondary N) is 1. The largest absolute Gasteiger partial charge is 0.396 e. The first-order valence-corrected chi connectivity index (χ1v) is 8.70. The molecule has 0 bridgehead atoms. The molecule has 0 saturated heterocycles. The van der Waals surface area contributed by atoms with Crippen molar-refractivity contribution in [2.45, 2.75) is 38.5 Å². The lowest BCUT2D eigenvalue weighted by molar-refractivity contribution is 0.00446. The van der Waals surface area contributed by atoms with Crippen LogP contribution in [0.3, 0.4) is 0 Å². The Kier molecular flexibility index (Phi) is 5.29. The van der Waals surface area contributed by atoms with Crippen LogP contribution in [0.15, 0.2) is 12.1 Å². The molecule has 140 valence electrons. The molecule has 0 radical (unpaired) electrons. The number of nitrogen functional groups attached to an aromatic ring is 1. The van der Waals surface area contributed by atoms with Gasteiger partial charge in [0, 0.05) is 29.5 Å². The standard InChI is InChI=1S/C17H22ClN5O3/c1-7-3-4-10(8(2)20-7)12-15(18)22-17(19)23-16(12)21-11-5-9(6-24)13(25)14(11)26/h3-4,9,11,13-14,24-26H,5-6H2,1-2H3,(H3,19,21,22,23)/t9-,11-,13-,14+/m1/s1. The normalized spacial score (nSPS) is 25.5. The summed E-state index contributed by atoms with van der Waals surface area (Å²) in [6.45, 7) is 3.54. The van der Waals surface area contributed by atoms with E-state index in [2.05, 4.69) is 20.3 Å². The molecule has 1 fully saturated rings. The monoisotopic (exact) mass is 379 g/mol. The molecular formula is C17H22ClN5O3. The van der Waals surface area contributed by atoms with Crippen molar-refractivity contribution in [1.82, 2.24) is 15.0 Å². The highest BCUT2D eigenvalue weighted by Crippen LogP contribution is 2.37. The van der Waals surface area contributed by atoms with Crippen LogP contribution in [0.4, 0.5) is 11.8 Å². The fraction of sp³-hybridized carbons (Fsp3) is 0.471. The Balaban J connectivity index is 2.02. The molecule has 3 rings (SSSR count). The smallest absolute Gasteiger partial charge is 0.223 e. The number of rotatable bonds is 4. The molecule has 1 aliphatic rings. The Bertz CT molecular complexity index is 819. The molecule has 0 aliphatic heterocycles. The number of anilines is 2. The van der Waals surface area contributed by atoms with Gasteiger partial charge in [-0.2, -0.15) is 4.98 Å². The summed E-state index contributed by atoms with van der Waals surface area (Å²) in [5, 5.41) is 32.9. The summed E-state index contributed by atoms with van der Waals surface area (Å²) in [6, 6.07) is 3.22. The summed E-state index contributed by atoms with van der Waals surface area (Å²) >= 11 is 6.34. The summed E-state index contributed by atoms with van der Waals surface area (Å²) in [6.07, 6.45) is -1.68. The van der Waals surface area contributed by atoms with Crippen molar-refractivity contribution >= 4 is 23.4 Å². The third-order valence-electron chi connectivity index (χ3n) is 4.74. The van der Waals surface area contributed by atoms with Gasteiger partial charge in [-0.3, -0.25) is 4.98 Å². The molecule has 1 saturated carbocycles. The predicted molar refractivity (Wildman–Crippen MR) is 98.8 cm³/mol. The van der Waals surface area contributed by atoms with E-state index in [-0.39, 0.29) is 17.7 Å². The third kappa shape index (κ3) is 3.45. The molecule has 26 heavy (non-hydrogen) atoms. The number of hydrogen-bond donors (Lipinski definition) is 5. The van der Waals surface area contributed by atoms with Crippen molar-refractivity contribution in [3.05, 3.63) is 28.7 Å². The van der Waals surface area contributed by atoms with E-state index in [0.29, 0.717) is 17.8 Å². The van der Waals surface area contributed by atoms with Gasteiger partial charge in [0.25, 0.3) is 0 Å². The zero-order valence-corrected chi connectivity index (χ0v) is 15.3. The average Bonchev–Trinajstić information content (AvgIpc) is 2.84. The number of aromatic nitrogens is 3. The second-order valence-corrected chi connectivity index (χ2v) is 6.95. The van der Waals surface area contributed by atoms with Crippen molar-refractivity contribution in [3.63, 3.8) is 0 Å². The number of nitrogens with zero attached hydrogens (tertiary/aromatic N) is 3. The first-order chi connectivity index (χ1) is 12.3. The van der Waals surface area contributed by atoms with Crippen LogP contribution < -0.4 is 11.1 Å². The molecule has 2 aromatic heterocycles. The predicted octanol–water partition coefficient (Wildman–Crippen LogP) is 0.906. The highest BCUT2D eigenvalue weighted by Gasteiger charge is 2.41. The topological polar surface area (TPSA) is 137 Å². The summed E-state index contributed by atoms with van der Waals surface area (Å²) in [5.41, 5.74) is 8.64. The van der Waals surface area contributed by atoms with Crippen LogP contribution in [0, 0.1) is 19.8 Å². The maximum Gasteiger partial charge on any atom is 0.223 e. The molecule has 0 unspecified atom stereocenters. The molecule has 1 aliphatic carbocycles. The molecule has 6 N–H and O–H groups in total. The van der Waals surface area contributed by atoms with Crippen LogP contribution in [0.2, 0.25) is 5.15 Å². The molecule has 0 spiro atoms. The molecule has 9 heteroatoms. The van der Waals surface area contributed by atoms with Crippen molar-refractivity contribution in [1.29, 1.82) is 0 Å². The van der Waals surface area contributed by atoms with E-state index in [0.717, 1.165) is 17.0 Å². The Hall–Kier alpha value is -2.00. The lowest BCUT2D eigenvalue weighted by Gasteiger charge is -2.21. The minimum absolute atomic E-state index is 0.00860. The van der Waals surface area contributed by atoms with Crippen LogP contribution >= 0.6 is 11.6 Å². The molecule has 0 aromatic carbocycles. The average molecular weight is 380 g/mol. The van der Waals surface area contributed by atoms with Gasteiger partial charge in [0.15, 0.2) is 0 Å². The maximum atomic E-state index is 10.3. The van der Waals surface area contributed by atoms with Gasteiger partial charge in [0.1, 0.15) is 17.1 Å².